The maximum atomic E-state index is 7.54. The molecule has 2 heterocycles. The van der Waals surface area contributed by atoms with Crippen LogP contribution in [0.2, 0.25) is 5.02 Å². The van der Waals surface area contributed by atoms with E-state index >= 15 is 0 Å². The summed E-state index contributed by atoms with van der Waals surface area (Å²) in [4.78, 5) is 6.20. The SMILES string of the molecule is [C]c1ccc(-c2csc(-c3ccc(Cl)cc3)n2)s1. The van der Waals surface area contributed by atoms with E-state index in [1.165, 1.54) is 11.3 Å². The van der Waals surface area contributed by atoms with Crippen molar-refractivity contribution in [1.29, 1.82) is 0 Å². The summed E-state index contributed by atoms with van der Waals surface area (Å²) >= 11 is 8.91. The van der Waals surface area contributed by atoms with Gasteiger partial charge in [0.2, 0.25) is 0 Å². The zero-order chi connectivity index (χ0) is 12.5. The van der Waals surface area contributed by atoms with Crippen molar-refractivity contribution in [1.82, 2.24) is 4.98 Å². The third-order valence-corrected chi connectivity index (χ3v) is 4.52. The molecule has 1 nitrogen and oxygen atoms in total. The van der Waals surface area contributed by atoms with Gasteiger partial charge in [0.15, 0.2) is 0 Å². The van der Waals surface area contributed by atoms with E-state index in [9.17, 15) is 0 Å². The Morgan fingerprint density at radius 2 is 1.83 bits per heavy atom. The smallest absolute Gasteiger partial charge is 0.124 e. The second kappa shape index (κ2) is 4.84. The largest absolute Gasteiger partial charge is 0.235 e. The van der Waals surface area contributed by atoms with Crippen LogP contribution in [-0.2, 0) is 0 Å². The third kappa shape index (κ3) is 2.34. The second-order valence-electron chi connectivity index (χ2n) is 3.71. The van der Waals surface area contributed by atoms with E-state index in [1.807, 2.05) is 35.7 Å². The molecule has 0 unspecified atom stereocenters. The average molecular weight is 289 g/mol. The Morgan fingerprint density at radius 3 is 2.50 bits per heavy atom. The van der Waals surface area contributed by atoms with E-state index in [4.69, 9.17) is 18.5 Å². The van der Waals surface area contributed by atoms with E-state index in [2.05, 4.69) is 4.98 Å². The summed E-state index contributed by atoms with van der Waals surface area (Å²) < 4.78 is 0. The topological polar surface area (TPSA) is 12.9 Å². The first-order valence-corrected chi connectivity index (χ1v) is 7.33. The van der Waals surface area contributed by atoms with Gasteiger partial charge in [-0.25, -0.2) is 4.98 Å². The predicted molar refractivity (Wildman–Crippen MR) is 78.2 cm³/mol. The van der Waals surface area contributed by atoms with Crippen molar-refractivity contribution < 1.29 is 0 Å². The molecule has 2 aromatic heterocycles. The van der Waals surface area contributed by atoms with E-state index < -0.39 is 0 Å². The van der Waals surface area contributed by atoms with Gasteiger partial charge < -0.3 is 0 Å². The molecule has 4 heteroatoms. The fourth-order valence-electron chi connectivity index (χ4n) is 1.59. The molecular weight excluding hydrogens is 282 g/mol. The molecule has 0 atom stereocenters. The van der Waals surface area contributed by atoms with Gasteiger partial charge in [-0.1, -0.05) is 23.7 Å². The highest BCUT2D eigenvalue weighted by atomic mass is 35.5. The third-order valence-electron chi connectivity index (χ3n) is 2.45. The molecule has 87 valence electrons. The first-order chi connectivity index (χ1) is 8.72. The van der Waals surface area contributed by atoms with Crippen LogP contribution >= 0.6 is 34.3 Å². The molecule has 0 aliphatic rings. The summed E-state index contributed by atoms with van der Waals surface area (Å²) in [6.45, 7) is 7.54. The maximum absolute atomic E-state index is 7.54. The van der Waals surface area contributed by atoms with Crippen LogP contribution in [0, 0.1) is 6.92 Å². The van der Waals surface area contributed by atoms with Gasteiger partial charge >= 0.3 is 0 Å². The average Bonchev–Trinajstić information content (AvgIpc) is 2.98. The minimum Gasteiger partial charge on any atom is -0.235 e. The lowest BCUT2D eigenvalue weighted by molar-refractivity contribution is 1.42. The summed E-state index contributed by atoms with van der Waals surface area (Å²) in [6, 6.07) is 11.4. The maximum Gasteiger partial charge on any atom is 0.124 e. The molecule has 1 aromatic carbocycles. The van der Waals surface area contributed by atoms with Crippen LogP contribution in [0.3, 0.4) is 0 Å². The van der Waals surface area contributed by atoms with Crippen molar-refractivity contribution in [3.05, 3.63) is 58.6 Å². The number of halogens is 1. The Kier molecular flexibility index (Phi) is 3.20. The van der Waals surface area contributed by atoms with Gasteiger partial charge in [-0.3, -0.25) is 0 Å². The highest BCUT2D eigenvalue weighted by molar-refractivity contribution is 7.16. The number of hydrogen-bond acceptors (Lipinski definition) is 3. The molecule has 0 aliphatic heterocycles. The van der Waals surface area contributed by atoms with Crippen molar-refractivity contribution in [2.24, 2.45) is 0 Å². The molecule has 0 N–H and O–H groups in total. The first kappa shape index (κ1) is 11.9. The molecule has 0 bridgehead atoms. The quantitative estimate of drug-likeness (QED) is 0.637. The standard InChI is InChI=1S/C14H7ClNS2/c1-9-2-7-13(18-9)12-8-17-14(16-12)10-3-5-11(15)6-4-10/h2-8H. The number of hydrogen-bond donors (Lipinski definition) is 0. The molecule has 0 saturated carbocycles. The van der Waals surface area contributed by atoms with Crippen molar-refractivity contribution in [3.63, 3.8) is 0 Å². The van der Waals surface area contributed by atoms with Gasteiger partial charge in [-0.15, -0.1) is 22.7 Å². The van der Waals surface area contributed by atoms with E-state index in [1.54, 1.807) is 17.4 Å². The highest BCUT2D eigenvalue weighted by Crippen LogP contribution is 2.32. The molecular formula is C14H7ClNS2. The fraction of sp³-hybridized carbons (Fsp3) is 0. The molecule has 18 heavy (non-hydrogen) atoms. The fourth-order valence-corrected chi connectivity index (χ4v) is 3.33. The summed E-state index contributed by atoms with van der Waals surface area (Å²) in [5, 5.41) is 3.73. The molecule has 0 saturated heterocycles. The van der Waals surface area contributed by atoms with Crippen LogP contribution in [0.15, 0.2) is 41.8 Å². The minimum atomic E-state index is 0.561. The summed E-state index contributed by atoms with van der Waals surface area (Å²) in [6.07, 6.45) is 0. The normalized spacial score (nSPS) is 10.8. The van der Waals surface area contributed by atoms with Crippen molar-refractivity contribution in [3.8, 4) is 21.1 Å². The van der Waals surface area contributed by atoms with Crippen molar-refractivity contribution in [2.75, 3.05) is 0 Å². The molecule has 0 fully saturated rings. The van der Waals surface area contributed by atoms with Crippen LogP contribution in [0.1, 0.15) is 4.88 Å². The van der Waals surface area contributed by atoms with Gasteiger partial charge in [0.25, 0.3) is 0 Å². The van der Waals surface area contributed by atoms with E-state index in [0.717, 1.165) is 26.2 Å². The van der Waals surface area contributed by atoms with Crippen LogP contribution < -0.4 is 0 Å². The highest BCUT2D eigenvalue weighted by Gasteiger charge is 2.08. The summed E-state index contributed by atoms with van der Waals surface area (Å²) in [5.74, 6) is 0. The van der Waals surface area contributed by atoms with Crippen molar-refractivity contribution in [2.45, 2.75) is 0 Å². The zero-order valence-electron chi connectivity index (χ0n) is 9.18. The lowest BCUT2D eigenvalue weighted by Crippen LogP contribution is -1.76. The van der Waals surface area contributed by atoms with Crippen LogP contribution in [0.5, 0.6) is 0 Å². The Labute approximate surface area is 119 Å². The number of benzene rings is 1. The number of thiophene rings is 1. The zero-order valence-corrected chi connectivity index (χ0v) is 11.6. The minimum absolute atomic E-state index is 0.561. The van der Waals surface area contributed by atoms with Gasteiger partial charge in [-0.2, -0.15) is 0 Å². The van der Waals surface area contributed by atoms with E-state index in [-0.39, 0.29) is 0 Å². The number of nitrogens with zero attached hydrogens (tertiary/aromatic N) is 1. The Hall–Kier alpha value is -1.16. The van der Waals surface area contributed by atoms with Crippen LogP contribution in [0.4, 0.5) is 0 Å². The van der Waals surface area contributed by atoms with Crippen LogP contribution in [0.25, 0.3) is 21.1 Å². The van der Waals surface area contributed by atoms with Gasteiger partial charge in [0.05, 0.1) is 10.6 Å². The van der Waals surface area contributed by atoms with Crippen molar-refractivity contribution >= 4 is 34.3 Å². The summed E-state index contributed by atoms with van der Waals surface area (Å²) in [5.41, 5.74) is 2.01. The molecule has 0 spiro atoms. The second-order valence-corrected chi connectivity index (χ2v) is 6.09. The number of aromatic nitrogens is 1. The Morgan fingerprint density at radius 1 is 1.06 bits per heavy atom. The van der Waals surface area contributed by atoms with Gasteiger partial charge in [0.1, 0.15) is 5.01 Å². The number of thiazole rings is 1. The molecule has 3 rings (SSSR count). The Balaban J connectivity index is 1.96. The van der Waals surface area contributed by atoms with Gasteiger partial charge in [-0.05, 0) is 24.3 Å². The van der Waals surface area contributed by atoms with Crippen LogP contribution in [-0.4, -0.2) is 4.98 Å². The lowest BCUT2D eigenvalue weighted by Gasteiger charge is -1.95. The predicted octanol–water partition coefficient (Wildman–Crippen LogP) is 5.13. The van der Waals surface area contributed by atoms with Gasteiger partial charge in [0, 0.05) is 27.8 Å². The molecule has 0 amide bonds. The molecule has 3 aromatic rings. The number of rotatable bonds is 2. The molecule has 3 radical (unpaired) electrons. The summed E-state index contributed by atoms with van der Waals surface area (Å²) in [7, 11) is 0. The monoisotopic (exact) mass is 288 g/mol. The van der Waals surface area contributed by atoms with E-state index in [0.29, 0.717) is 4.88 Å². The molecule has 0 aliphatic carbocycles. The Bertz CT molecular complexity index is 667. The first-order valence-electron chi connectivity index (χ1n) is 5.25. The lowest BCUT2D eigenvalue weighted by atomic mass is 10.2.